The van der Waals surface area contributed by atoms with Gasteiger partial charge in [0.1, 0.15) is 0 Å². The normalized spacial score (nSPS) is 12.3. The van der Waals surface area contributed by atoms with Crippen LogP contribution in [0.1, 0.15) is 12.5 Å². The molecule has 0 saturated heterocycles. The number of para-hydroxylation sites is 3. The van der Waals surface area contributed by atoms with Crippen LogP contribution in [0.15, 0.2) is 132 Å². The highest BCUT2D eigenvalue weighted by molar-refractivity contribution is 7.26. The standard InChI is InChI=1S/C36H25N3S/c1-23(24-11-3-2-4-12-24)37-31-16-8-9-17-32(31)38-39-33-18-10-7-15-27(33)28-21-30-29-19-25-13-5-6-14-26(25)20-35(29)40-36(30)22-34(28)39/h2-22,38H,1H3/b37-23+. The van der Waals surface area contributed by atoms with Crippen LogP contribution in [-0.4, -0.2) is 10.4 Å². The Morgan fingerprint density at radius 3 is 2.15 bits per heavy atom. The molecule has 4 heteroatoms. The highest BCUT2D eigenvalue weighted by Gasteiger charge is 2.16. The number of nitrogens with one attached hydrogen (secondary N) is 1. The summed E-state index contributed by atoms with van der Waals surface area (Å²) in [5, 5.41) is 7.66. The van der Waals surface area contributed by atoms with Crippen molar-refractivity contribution in [1.82, 2.24) is 4.68 Å². The summed E-state index contributed by atoms with van der Waals surface area (Å²) < 4.78 is 4.83. The molecule has 8 aromatic rings. The number of aliphatic imine (C=N–C) groups is 1. The molecule has 2 aromatic heterocycles. The molecule has 1 N–H and O–H groups in total. The Balaban J connectivity index is 1.32. The van der Waals surface area contributed by atoms with Crippen molar-refractivity contribution in [2.75, 3.05) is 5.43 Å². The smallest absolute Gasteiger partial charge is 0.0882 e. The van der Waals surface area contributed by atoms with Crippen molar-refractivity contribution in [1.29, 1.82) is 0 Å². The number of rotatable bonds is 4. The van der Waals surface area contributed by atoms with E-state index in [-0.39, 0.29) is 0 Å². The van der Waals surface area contributed by atoms with Gasteiger partial charge in [-0.3, -0.25) is 15.1 Å². The number of aromatic nitrogens is 1. The number of anilines is 1. The first-order valence-electron chi connectivity index (χ1n) is 13.5. The molecule has 40 heavy (non-hydrogen) atoms. The molecular formula is C36H25N3S. The molecular weight excluding hydrogens is 506 g/mol. The van der Waals surface area contributed by atoms with Crippen LogP contribution in [0.2, 0.25) is 0 Å². The number of nitrogens with zero attached hydrogens (tertiary/aromatic N) is 2. The predicted molar refractivity (Wildman–Crippen MR) is 174 cm³/mol. The first-order chi connectivity index (χ1) is 19.7. The SMILES string of the molecule is C/C(=N\c1ccccc1Nn1c2ccccc2c2cc3c(cc21)sc1cc2ccccc2cc13)c1ccccc1. The van der Waals surface area contributed by atoms with Gasteiger partial charge in [-0.05, 0) is 65.7 Å². The lowest BCUT2D eigenvalue weighted by Gasteiger charge is -2.14. The number of benzene rings is 6. The second-order valence-electron chi connectivity index (χ2n) is 10.2. The largest absolute Gasteiger partial charge is 0.292 e. The van der Waals surface area contributed by atoms with Crippen LogP contribution in [0.25, 0.3) is 52.8 Å². The lowest BCUT2D eigenvalue weighted by molar-refractivity contribution is 1.06. The third-order valence-corrected chi connectivity index (χ3v) is 8.86. The van der Waals surface area contributed by atoms with Crippen LogP contribution < -0.4 is 5.43 Å². The van der Waals surface area contributed by atoms with Crippen LogP contribution >= 0.6 is 11.3 Å². The average Bonchev–Trinajstić information content (AvgIpc) is 3.50. The summed E-state index contributed by atoms with van der Waals surface area (Å²) in [6.07, 6.45) is 0. The first kappa shape index (κ1) is 23.0. The molecule has 6 aromatic carbocycles. The summed E-state index contributed by atoms with van der Waals surface area (Å²) in [7, 11) is 0. The number of hydrogen-bond acceptors (Lipinski definition) is 3. The highest BCUT2D eigenvalue weighted by atomic mass is 32.1. The van der Waals surface area contributed by atoms with E-state index in [1.54, 1.807) is 0 Å². The fraction of sp³-hybridized carbons (Fsp3) is 0.0278. The molecule has 0 bridgehead atoms. The van der Waals surface area contributed by atoms with E-state index in [4.69, 9.17) is 4.99 Å². The van der Waals surface area contributed by atoms with Gasteiger partial charge in [-0.1, -0.05) is 84.9 Å². The minimum Gasteiger partial charge on any atom is -0.292 e. The lowest BCUT2D eigenvalue weighted by Crippen LogP contribution is -2.08. The van der Waals surface area contributed by atoms with E-state index < -0.39 is 0 Å². The molecule has 0 atom stereocenters. The zero-order valence-electron chi connectivity index (χ0n) is 21.9. The third kappa shape index (κ3) is 3.69. The minimum atomic E-state index is 0.907. The molecule has 0 spiro atoms. The minimum absolute atomic E-state index is 0.907. The van der Waals surface area contributed by atoms with Crippen molar-refractivity contribution in [3.8, 4) is 0 Å². The van der Waals surface area contributed by atoms with Gasteiger partial charge in [-0.25, -0.2) is 0 Å². The van der Waals surface area contributed by atoms with Gasteiger partial charge in [0.25, 0.3) is 0 Å². The van der Waals surface area contributed by atoms with Crippen molar-refractivity contribution >= 4 is 81.2 Å². The number of hydrogen-bond donors (Lipinski definition) is 1. The summed E-state index contributed by atoms with van der Waals surface area (Å²) in [5.74, 6) is 0. The van der Waals surface area contributed by atoms with Crippen LogP contribution in [0.3, 0.4) is 0 Å². The van der Waals surface area contributed by atoms with E-state index in [1.807, 2.05) is 35.6 Å². The first-order valence-corrected chi connectivity index (χ1v) is 14.3. The van der Waals surface area contributed by atoms with Crippen molar-refractivity contribution in [3.63, 3.8) is 0 Å². The quantitative estimate of drug-likeness (QED) is 0.225. The lowest BCUT2D eigenvalue weighted by atomic mass is 10.0. The van der Waals surface area contributed by atoms with Gasteiger partial charge in [0.15, 0.2) is 0 Å². The molecule has 0 aliphatic carbocycles. The summed E-state index contributed by atoms with van der Waals surface area (Å²) >= 11 is 1.86. The van der Waals surface area contributed by atoms with Gasteiger partial charge < -0.3 is 0 Å². The molecule has 0 aliphatic heterocycles. The van der Waals surface area contributed by atoms with Crippen molar-refractivity contribution in [2.45, 2.75) is 6.92 Å². The Labute approximate surface area is 235 Å². The van der Waals surface area contributed by atoms with Gasteiger partial charge in [0, 0.05) is 36.7 Å². The molecule has 190 valence electrons. The Hall–Kier alpha value is -4.93. The van der Waals surface area contributed by atoms with Gasteiger partial charge in [-0.2, -0.15) is 0 Å². The van der Waals surface area contributed by atoms with E-state index in [9.17, 15) is 0 Å². The van der Waals surface area contributed by atoms with Crippen LogP contribution in [0, 0.1) is 0 Å². The summed E-state index contributed by atoms with van der Waals surface area (Å²) in [6.45, 7) is 2.06. The highest BCUT2D eigenvalue weighted by Crippen LogP contribution is 2.41. The van der Waals surface area contributed by atoms with Crippen LogP contribution in [0.4, 0.5) is 11.4 Å². The zero-order chi connectivity index (χ0) is 26.6. The van der Waals surface area contributed by atoms with E-state index in [1.165, 1.54) is 41.7 Å². The molecule has 0 radical (unpaired) electrons. The van der Waals surface area contributed by atoms with E-state index >= 15 is 0 Å². The Morgan fingerprint density at radius 2 is 1.27 bits per heavy atom. The molecule has 0 amide bonds. The maximum Gasteiger partial charge on any atom is 0.0882 e. The molecule has 0 aliphatic rings. The Bertz CT molecular complexity index is 2250. The van der Waals surface area contributed by atoms with Crippen molar-refractivity contribution in [2.24, 2.45) is 4.99 Å². The van der Waals surface area contributed by atoms with E-state index in [2.05, 4.69) is 120 Å². The Morgan fingerprint density at radius 1 is 0.600 bits per heavy atom. The topological polar surface area (TPSA) is 29.3 Å². The molecule has 0 fully saturated rings. The van der Waals surface area contributed by atoms with Crippen molar-refractivity contribution in [3.05, 3.63) is 133 Å². The molecule has 0 unspecified atom stereocenters. The van der Waals surface area contributed by atoms with Gasteiger partial charge >= 0.3 is 0 Å². The monoisotopic (exact) mass is 531 g/mol. The maximum absolute atomic E-state index is 5.02. The summed E-state index contributed by atoms with van der Waals surface area (Å²) in [4.78, 5) is 5.02. The molecule has 3 nitrogen and oxygen atoms in total. The van der Waals surface area contributed by atoms with Gasteiger partial charge in [0.2, 0.25) is 0 Å². The average molecular weight is 532 g/mol. The Kier molecular flexibility index (Phi) is 5.22. The molecule has 2 heterocycles. The maximum atomic E-state index is 5.02. The molecule has 8 rings (SSSR count). The summed E-state index contributed by atoms with van der Waals surface area (Å²) in [6, 6.07) is 45.2. The fourth-order valence-corrected chi connectivity index (χ4v) is 6.91. The fourth-order valence-electron chi connectivity index (χ4n) is 5.75. The van der Waals surface area contributed by atoms with E-state index in [0.717, 1.165) is 33.7 Å². The zero-order valence-corrected chi connectivity index (χ0v) is 22.7. The number of fused-ring (bicyclic) bond motifs is 7. The third-order valence-electron chi connectivity index (χ3n) is 7.75. The van der Waals surface area contributed by atoms with Crippen molar-refractivity contribution < 1.29 is 0 Å². The second kappa shape index (κ2) is 9.08. The van der Waals surface area contributed by atoms with Crippen LogP contribution in [-0.2, 0) is 0 Å². The van der Waals surface area contributed by atoms with Gasteiger partial charge in [-0.15, -0.1) is 11.3 Å². The second-order valence-corrected chi connectivity index (χ2v) is 11.3. The summed E-state index contributed by atoms with van der Waals surface area (Å²) in [5.41, 5.74) is 10.0. The molecule has 0 saturated carbocycles. The van der Waals surface area contributed by atoms with E-state index in [0.29, 0.717) is 0 Å². The van der Waals surface area contributed by atoms with Crippen LogP contribution in [0.5, 0.6) is 0 Å². The van der Waals surface area contributed by atoms with Gasteiger partial charge in [0.05, 0.1) is 22.4 Å². The predicted octanol–water partition coefficient (Wildman–Crippen LogP) is 10.3. The number of thiophene rings is 1.